The van der Waals surface area contributed by atoms with Crippen LogP contribution >= 0.6 is 11.8 Å². The first-order valence-corrected chi connectivity index (χ1v) is 15.2. The molecule has 7 nitrogen and oxygen atoms in total. The van der Waals surface area contributed by atoms with Gasteiger partial charge in [0.05, 0.1) is 10.6 Å². The largest absolute Gasteiger partial charge is 0.336 e. The monoisotopic (exact) mass is 549 g/mol. The third kappa shape index (κ3) is 5.65. The van der Waals surface area contributed by atoms with Crippen LogP contribution in [0.25, 0.3) is 0 Å². The van der Waals surface area contributed by atoms with Crippen LogP contribution in [0.1, 0.15) is 32.4 Å². The normalized spacial score (nSPS) is 18.7. The summed E-state index contributed by atoms with van der Waals surface area (Å²) in [6.07, 6.45) is 0.797. The number of hydrogen-bond acceptors (Lipinski definition) is 5. The second-order valence-electron chi connectivity index (χ2n) is 9.62. The molecule has 2 aliphatic rings. The van der Waals surface area contributed by atoms with Crippen LogP contribution in [0.15, 0.2) is 83.8 Å². The summed E-state index contributed by atoms with van der Waals surface area (Å²) in [5, 5.41) is -0.0640. The predicted octanol–water partition coefficient (Wildman–Crippen LogP) is 3.96. The van der Waals surface area contributed by atoms with E-state index in [-0.39, 0.29) is 35.2 Å². The molecule has 9 heteroatoms. The number of hydrogen-bond donors (Lipinski definition) is 0. The van der Waals surface area contributed by atoms with E-state index in [2.05, 4.69) is 12.1 Å². The molecule has 0 unspecified atom stereocenters. The minimum absolute atomic E-state index is 0.0640. The fourth-order valence-electron chi connectivity index (χ4n) is 4.83. The molecule has 0 spiro atoms. The van der Waals surface area contributed by atoms with Gasteiger partial charge in [-0.2, -0.15) is 4.31 Å². The smallest absolute Gasteiger partial charge is 0.253 e. The summed E-state index contributed by atoms with van der Waals surface area (Å²) in [5.41, 5.74) is 3.76. The van der Waals surface area contributed by atoms with Crippen molar-refractivity contribution in [3.63, 3.8) is 0 Å². The van der Waals surface area contributed by atoms with Gasteiger partial charge in [0.15, 0.2) is 0 Å². The summed E-state index contributed by atoms with van der Waals surface area (Å²) in [6, 6.07) is 24.5. The van der Waals surface area contributed by atoms with Gasteiger partial charge in [-0.15, -0.1) is 11.8 Å². The maximum absolute atomic E-state index is 13.2. The van der Waals surface area contributed by atoms with Crippen molar-refractivity contribution in [2.45, 2.75) is 23.6 Å². The fourth-order valence-corrected chi connectivity index (χ4v) is 7.47. The summed E-state index contributed by atoms with van der Waals surface area (Å²) < 4.78 is 27.4. The van der Waals surface area contributed by atoms with E-state index in [4.69, 9.17) is 0 Å². The molecule has 0 aromatic heterocycles. The first-order chi connectivity index (χ1) is 18.3. The van der Waals surface area contributed by atoms with Gasteiger partial charge in [-0.25, -0.2) is 8.42 Å². The van der Waals surface area contributed by atoms with E-state index in [9.17, 15) is 18.0 Å². The second-order valence-corrected chi connectivity index (χ2v) is 12.6. The molecule has 2 aliphatic heterocycles. The fraction of sp³-hybridized carbons (Fsp3) is 0.310. The third-order valence-corrected chi connectivity index (χ3v) is 10.2. The molecule has 0 aliphatic carbocycles. The summed E-state index contributed by atoms with van der Waals surface area (Å²) in [6.45, 7) is 3.77. The number of carbonyl (C=O) groups is 2. The molecular formula is C29H31N3O4S2. The van der Waals surface area contributed by atoms with Crippen molar-refractivity contribution in [3.05, 3.63) is 101 Å². The SMILES string of the molecule is Cc1ccc(S(=O)(=O)N2CCN(C(=O)c3ccc([C@@H]4SCC(=O)N4CCc4ccccc4)cc3)CC2)cc1. The lowest BCUT2D eigenvalue weighted by Gasteiger charge is -2.34. The first kappa shape index (κ1) is 26.5. The third-order valence-electron chi connectivity index (χ3n) is 7.08. The van der Waals surface area contributed by atoms with Crippen LogP contribution in [0.4, 0.5) is 0 Å². The second kappa shape index (κ2) is 11.3. The average Bonchev–Trinajstić information content (AvgIpc) is 3.32. The maximum atomic E-state index is 13.2. The van der Waals surface area contributed by atoms with Gasteiger partial charge in [-0.3, -0.25) is 9.59 Å². The highest BCUT2D eigenvalue weighted by molar-refractivity contribution is 8.00. The standard InChI is InChI=1S/C29H31N3O4S2/c1-22-7-13-26(14-8-22)38(35,36)31-19-17-30(18-20-31)28(34)24-9-11-25(12-10-24)29-32(27(33)21-37-29)16-15-23-5-3-2-4-6-23/h2-14,29H,15-21H2,1H3/t29-/m0/s1. The number of thioether (sulfide) groups is 1. The van der Waals surface area contributed by atoms with Gasteiger partial charge in [0.1, 0.15) is 5.37 Å². The lowest BCUT2D eigenvalue weighted by molar-refractivity contribution is -0.128. The zero-order chi connectivity index (χ0) is 26.7. The van der Waals surface area contributed by atoms with Crippen LogP contribution in [-0.4, -0.2) is 72.8 Å². The predicted molar refractivity (Wildman–Crippen MR) is 149 cm³/mol. The molecule has 3 aromatic carbocycles. The Morgan fingerprint density at radius 2 is 1.55 bits per heavy atom. The Kier molecular flexibility index (Phi) is 7.88. The van der Waals surface area contributed by atoms with E-state index >= 15 is 0 Å². The van der Waals surface area contributed by atoms with Crippen molar-refractivity contribution in [2.24, 2.45) is 0 Å². The van der Waals surface area contributed by atoms with Crippen molar-refractivity contribution >= 4 is 33.6 Å². The number of nitrogens with zero attached hydrogens (tertiary/aromatic N) is 3. The van der Waals surface area contributed by atoms with E-state index in [0.29, 0.717) is 31.0 Å². The van der Waals surface area contributed by atoms with Gasteiger partial charge in [0.2, 0.25) is 15.9 Å². The highest BCUT2D eigenvalue weighted by Gasteiger charge is 2.33. The van der Waals surface area contributed by atoms with Gasteiger partial charge in [-0.05, 0) is 48.7 Å². The number of benzene rings is 3. The van der Waals surface area contributed by atoms with Gasteiger partial charge in [0.25, 0.3) is 5.91 Å². The van der Waals surface area contributed by atoms with Crippen LogP contribution in [0, 0.1) is 6.92 Å². The van der Waals surface area contributed by atoms with E-state index in [0.717, 1.165) is 17.5 Å². The zero-order valence-electron chi connectivity index (χ0n) is 21.3. The van der Waals surface area contributed by atoms with Crippen LogP contribution < -0.4 is 0 Å². The molecule has 38 heavy (non-hydrogen) atoms. The van der Waals surface area contributed by atoms with Crippen molar-refractivity contribution in [1.29, 1.82) is 0 Å². The molecule has 2 heterocycles. The molecule has 0 N–H and O–H groups in total. The van der Waals surface area contributed by atoms with Crippen LogP contribution in [-0.2, 0) is 21.2 Å². The van der Waals surface area contributed by atoms with Crippen LogP contribution in [0.5, 0.6) is 0 Å². The van der Waals surface area contributed by atoms with E-state index < -0.39 is 10.0 Å². The molecule has 2 amide bonds. The first-order valence-electron chi connectivity index (χ1n) is 12.7. The number of piperazine rings is 1. The average molecular weight is 550 g/mol. The Balaban J connectivity index is 1.20. The molecule has 0 radical (unpaired) electrons. The minimum Gasteiger partial charge on any atom is -0.336 e. The van der Waals surface area contributed by atoms with Gasteiger partial charge < -0.3 is 9.80 Å². The van der Waals surface area contributed by atoms with Gasteiger partial charge in [-0.1, -0.05) is 60.2 Å². The Morgan fingerprint density at radius 1 is 0.895 bits per heavy atom. The number of aryl methyl sites for hydroxylation is 1. The van der Waals surface area contributed by atoms with Gasteiger partial charge >= 0.3 is 0 Å². The lowest BCUT2D eigenvalue weighted by atomic mass is 10.1. The molecule has 2 saturated heterocycles. The number of sulfonamides is 1. The Hall–Kier alpha value is -3.14. The number of rotatable bonds is 7. The Bertz CT molecular complexity index is 1390. The summed E-state index contributed by atoms with van der Waals surface area (Å²) in [7, 11) is -3.58. The Labute approximate surface area is 228 Å². The van der Waals surface area contributed by atoms with Gasteiger partial charge in [0, 0.05) is 38.3 Å². The van der Waals surface area contributed by atoms with Crippen molar-refractivity contribution in [2.75, 3.05) is 38.5 Å². The summed E-state index contributed by atoms with van der Waals surface area (Å²) in [5.74, 6) is 0.477. The van der Waals surface area contributed by atoms with E-state index in [1.807, 2.05) is 54.3 Å². The molecule has 5 rings (SSSR count). The molecule has 0 bridgehead atoms. The molecule has 1 atom stereocenters. The van der Waals surface area contributed by atoms with Crippen LogP contribution in [0.2, 0.25) is 0 Å². The quantitative estimate of drug-likeness (QED) is 0.446. The molecular weight excluding hydrogens is 518 g/mol. The summed E-state index contributed by atoms with van der Waals surface area (Å²) in [4.78, 5) is 29.6. The van der Waals surface area contributed by atoms with Crippen molar-refractivity contribution in [1.82, 2.24) is 14.1 Å². The van der Waals surface area contributed by atoms with E-state index in [1.54, 1.807) is 40.9 Å². The highest BCUT2D eigenvalue weighted by Crippen LogP contribution is 2.38. The number of carbonyl (C=O) groups excluding carboxylic acids is 2. The lowest BCUT2D eigenvalue weighted by Crippen LogP contribution is -2.50. The molecule has 0 saturated carbocycles. The molecule has 198 valence electrons. The maximum Gasteiger partial charge on any atom is 0.253 e. The van der Waals surface area contributed by atoms with Crippen LogP contribution in [0.3, 0.4) is 0 Å². The molecule has 3 aromatic rings. The minimum atomic E-state index is -3.58. The summed E-state index contributed by atoms with van der Waals surface area (Å²) >= 11 is 1.61. The number of amides is 2. The molecule has 2 fully saturated rings. The Morgan fingerprint density at radius 3 is 2.21 bits per heavy atom. The van der Waals surface area contributed by atoms with E-state index in [1.165, 1.54) is 9.87 Å². The topological polar surface area (TPSA) is 78.0 Å². The highest BCUT2D eigenvalue weighted by atomic mass is 32.2. The van der Waals surface area contributed by atoms with Crippen molar-refractivity contribution in [3.8, 4) is 0 Å². The van der Waals surface area contributed by atoms with Crippen molar-refractivity contribution < 1.29 is 18.0 Å². The zero-order valence-corrected chi connectivity index (χ0v) is 23.0.